The molecule has 0 saturated carbocycles. The van der Waals surface area contributed by atoms with Gasteiger partial charge in [0.2, 0.25) is 5.88 Å². The van der Waals surface area contributed by atoms with Crippen LogP contribution in [0, 0.1) is 0 Å². The molecule has 0 fully saturated rings. The number of fused-ring (bicyclic) bond motifs is 1. The average molecular weight is 226 g/mol. The number of hydrogen-bond acceptors (Lipinski definition) is 3. The van der Waals surface area contributed by atoms with Gasteiger partial charge in [0, 0.05) is 12.6 Å². The van der Waals surface area contributed by atoms with Crippen LogP contribution < -0.4 is 10.1 Å². The van der Waals surface area contributed by atoms with Gasteiger partial charge in [-0.05, 0) is 30.7 Å². The fraction of sp³-hybridized carbons (Fsp3) is 0.214. The quantitative estimate of drug-likeness (QED) is 0.854. The molecule has 1 aromatic heterocycles. The van der Waals surface area contributed by atoms with E-state index in [1.165, 1.54) is 5.56 Å². The van der Waals surface area contributed by atoms with E-state index in [2.05, 4.69) is 16.4 Å². The van der Waals surface area contributed by atoms with Gasteiger partial charge in [0.05, 0.1) is 5.69 Å². The molecule has 17 heavy (non-hydrogen) atoms. The minimum Gasteiger partial charge on any atom is -0.439 e. The van der Waals surface area contributed by atoms with Gasteiger partial charge in [0.1, 0.15) is 5.75 Å². The Balaban J connectivity index is 1.84. The lowest BCUT2D eigenvalue weighted by Crippen LogP contribution is -2.24. The van der Waals surface area contributed by atoms with Crippen molar-refractivity contribution in [3.63, 3.8) is 0 Å². The summed E-state index contributed by atoms with van der Waals surface area (Å²) in [4.78, 5) is 4.52. The topological polar surface area (TPSA) is 34.1 Å². The molecule has 0 spiro atoms. The lowest BCUT2D eigenvalue weighted by atomic mass is 10.1. The summed E-state index contributed by atoms with van der Waals surface area (Å²) in [5.74, 6) is 1.49. The van der Waals surface area contributed by atoms with Gasteiger partial charge in [0.15, 0.2) is 0 Å². The van der Waals surface area contributed by atoms with E-state index >= 15 is 0 Å². The Labute approximate surface area is 100 Å². The van der Waals surface area contributed by atoms with Crippen LogP contribution in [0.25, 0.3) is 0 Å². The van der Waals surface area contributed by atoms with Gasteiger partial charge >= 0.3 is 0 Å². The van der Waals surface area contributed by atoms with E-state index in [4.69, 9.17) is 4.74 Å². The Hall–Kier alpha value is -1.87. The van der Waals surface area contributed by atoms with Gasteiger partial charge in [-0.2, -0.15) is 0 Å². The number of pyridine rings is 1. The largest absolute Gasteiger partial charge is 0.439 e. The number of rotatable bonds is 2. The van der Waals surface area contributed by atoms with Gasteiger partial charge in [-0.15, -0.1) is 0 Å². The predicted octanol–water partition coefficient (Wildman–Crippen LogP) is 2.52. The summed E-state index contributed by atoms with van der Waals surface area (Å²) in [6.07, 6.45) is 1.05. The Kier molecular flexibility index (Phi) is 2.76. The van der Waals surface area contributed by atoms with Crippen molar-refractivity contribution in [3.8, 4) is 11.6 Å². The molecule has 3 heteroatoms. The van der Waals surface area contributed by atoms with E-state index in [0.717, 1.165) is 31.0 Å². The van der Waals surface area contributed by atoms with Crippen molar-refractivity contribution in [2.45, 2.75) is 13.0 Å². The van der Waals surface area contributed by atoms with Crippen molar-refractivity contribution in [2.75, 3.05) is 6.54 Å². The molecule has 1 aromatic carbocycles. The first-order valence-electron chi connectivity index (χ1n) is 5.84. The second-order valence-electron chi connectivity index (χ2n) is 4.10. The van der Waals surface area contributed by atoms with Crippen molar-refractivity contribution in [1.29, 1.82) is 0 Å². The summed E-state index contributed by atoms with van der Waals surface area (Å²) in [5, 5.41) is 3.31. The highest BCUT2D eigenvalue weighted by atomic mass is 16.5. The summed E-state index contributed by atoms with van der Waals surface area (Å²) < 4.78 is 5.71. The highest BCUT2D eigenvalue weighted by Crippen LogP contribution is 2.21. The average Bonchev–Trinajstić information content (AvgIpc) is 2.40. The number of ether oxygens (including phenoxy) is 1. The molecule has 0 atom stereocenters. The van der Waals surface area contributed by atoms with Crippen LogP contribution in [0.5, 0.6) is 11.6 Å². The van der Waals surface area contributed by atoms with Gasteiger partial charge in [-0.25, -0.2) is 4.98 Å². The minimum atomic E-state index is 0.665. The van der Waals surface area contributed by atoms with Crippen LogP contribution in [0.2, 0.25) is 0 Å². The fourth-order valence-electron chi connectivity index (χ4n) is 1.99. The van der Waals surface area contributed by atoms with Gasteiger partial charge < -0.3 is 10.1 Å². The van der Waals surface area contributed by atoms with E-state index < -0.39 is 0 Å². The molecule has 2 heterocycles. The highest BCUT2D eigenvalue weighted by molar-refractivity contribution is 5.31. The number of nitrogens with one attached hydrogen (secondary N) is 1. The minimum absolute atomic E-state index is 0.665. The van der Waals surface area contributed by atoms with E-state index in [1.54, 1.807) is 0 Å². The van der Waals surface area contributed by atoms with Crippen molar-refractivity contribution >= 4 is 0 Å². The van der Waals surface area contributed by atoms with Crippen molar-refractivity contribution in [1.82, 2.24) is 10.3 Å². The van der Waals surface area contributed by atoms with Crippen LogP contribution in [0.4, 0.5) is 0 Å². The summed E-state index contributed by atoms with van der Waals surface area (Å²) in [7, 11) is 0. The zero-order valence-electron chi connectivity index (χ0n) is 9.52. The first kappa shape index (κ1) is 10.3. The monoisotopic (exact) mass is 226 g/mol. The SMILES string of the molecule is c1ccc(Oc2ccc3c(n2)CNCC3)cc1. The molecule has 1 N–H and O–H groups in total. The second-order valence-corrected chi connectivity index (χ2v) is 4.10. The number of nitrogens with zero attached hydrogens (tertiary/aromatic N) is 1. The molecule has 2 aromatic rings. The molecule has 0 radical (unpaired) electrons. The first-order valence-corrected chi connectivity index (χ1v) is 5.84. The third kappa shape index (κ3) is 2.29. The highest BCUT2D eigenvalue weighted by Gasteiger charge is 2.10. The van der Waals surface area contributed by atoms with E-state index in [9.17, 15) is 0 Å². The van der Waals surface area contributed by atoms with Crippen molar-refractivity contribution in [2.24, 2.45) is 0 Å². The normalized spacial score (nSPS) is 14.1. The molecule has 3 nitrogen and oxygen atoms in total. The number of aromatic nitrogens is 1. The molecular weight excluding hydrogens is 212 g/mol. The first-order chi connectivity index (χ1) is 8.42. The van der Waals surface area contributed by atoms with Crippen LogP contribution in [-0.2, 0) is 13.0 Å². The van der Waals surface area contributed by atoms with Crippen molar-refractivity contribution < 1.29 is 4.74 Å². The molecule has 0 bridgehead atoms. The Bertz CT molecular complexity index is 511. The maximum Gasteiger partial charge on any atom is 0.219 e. The maximum atomic E-state index is 5.71. The van der Waals surface area contributed by atoms with Crippen LogP contribution in [0.1, 0.15) is 11.3 Å². The predicted molar refractivity (Wildman–Crippen MR) is 66.2 cm³/mol. The summed E-state index contributed by atoms with van der Waals surface area (Å²) >= 11 is 0. The molecule has 0 saturated heterocycles. The number of para-hydroxylation sites is 1. The smallest absolute Gasteiger partial charge is 0.219 e. The third-order valence-corrected chi connectivity index (χ3v) is 2.87. The fourth-order valence-corrected chi connectivity index (χ4v) is 1.99. The molecule has 3 rings (SSSR count). The van der Waals surface area contributed by atoms with Crippen LogP contribution in [-0.4, -0.2) is 11.5 Å². The second kappa shape index (κ2) is 4.55. The number of hydrogen-bond donors (Lipinski definition) is 1. The van der Waals surface area contributed by atoms with Gasteiger partial charge in [-0.3, -0.25) is 0 Å². The van der Waals surface area contributed by atoms with E-state index in [-0.39, 0.29) is 0 Å². The molecule has 0 aliphatic carbocycles. The number of benzene rings is 1. The van der Waals surface area contributed by atoms with Crippen molar-refractivity contribution in [3.05, 3.63) is 53.7 Å². The van der Waals surface area contributed by atoms with Gasteiger partial charge in [0.25, 0.3) is 0 Å². The zero-order valence-corrected chi connectivity index (χ0v) is 9.52. The third-order valence-electron chi connectivity index (χ3n) is 2.87. The Morgan fingerprint density at radius 3 is 2.82 bits per heavy atom. The van der Waals surface area contributed by atoms with Crippen LogP contribution in [0.3, 0.4) is 0 Å². The maximum absolute atomic E-state index is 5.71. The van der Waals surface area contributed by atoms with E-state index in [0.29, 0.717) is 5.88 Å². The standard InChI is InChI=1S/C14H14N2O/c1-2-4-12(5-3-1)17-14-7-6-11-8-9-15-10-13(11)16-14/h1-7,15H,8-10H2. The summed E-state index contributed by atoms with van der Waals surface area (Å²) in [5.41, 5.74) is 2.42. The molecule has 86 valence electrons. The molecule has 1 aliphatic rings. The van der Waals surface area contributed by atoms with Crippen LogP contribution >= 0.6 is 0 Å². The molecule has 1 aliphatic heterocycles. The molecule has 0 unspecified atom stereocenters. The van der Waals surface area contributed by atoms with Gasteiger partial charge in [-0.1, -0.05) is 24.3 Å². The zero-order chi connectivity index (χ0) is 11.5. The lowest BCUT2D eigenvalue weighted by Gasteiger charge is -2.16. The summed E-state index contributed by atoms with van der Waals surface area (Å²) in [6.45, 7) is 1.87. The molecular formula is C14H14N2O. The van der Waals surface area contributed by atoms with Crippen LogP contribution in [0.15, 0.2) is 42.5 Å². The Morgan fingerprint density at radius 2 is 1.94 bits per heavy atom. The lowest BCUT2D eigenvalue weighted by molar-refractivity contribution is 0.457. The van der Waals surface area contributed by atoms with E-state index in [1.807, 2.05) is 36.4 Å². The summed E-state index contributed by atoms with van der Waals surface area (Å²) in [6, 6.07) is 13.8. The molecule has 0 amide bonds. The Morgan fingerprint density at radius 1 is 1.06 bits per heavy atom.